The second kappa shape index (κ2) is 4.23. The van der Waals surface area contributed by atoms with Gasteiger partial charge in [0.05, 0.1) is 12.7 Å². The molecule has 0 saturated heterocycles. The van der Waals surface area contributed by atoms with Crippen molar-refractivity contribution in [2.75, 3.05) is 0 Å². The van der Waals surface area contributed by atoms with Gasteiger partial charge < -0.3 is 0 Å². The Morgan fingerprint density at radius 1 is 1.33 bits per heavy atom. The van der Waals surface area contributed by atoms with Gasteiger partial charge in [-0.1, -0.05) is 29.5 Å². The zero-order chi connectivity index (χ0) is 10.7. The van der Waals surface area contributed by atoms with Gasteiger partial charge in [0.2, 0.25) is 0 Å². The van der Waals surface area contributed by atoms with Gasteiger partial charge in [-0.15, -0.1) is 5.10 Å². The van der Waals surface area contributed by atoms with Crippen LogP contribution in [0, 0.1) is 6.92 Å². The van der Waals surface area contributed by atoms with E-state index in [4.69, 9.17) is 0 Å². The molecule has 15 heavy (non-hydrogen) atoms. The molecular weight excluding hydrogens is 190 g/mol. The summed E-state index contributed by atoms with van der Waals surface area (Å²) in [4.78, 5) is 0. The molecule has 1 aromatic heterocycles. The van der Waals surface area contributed by atoms with E-state index >= 15 is 0 Å². The predicted molar refractivity (Wildman–Crippen MR) is 54.7 cm³/mol. The Hall–Kier alpha value is -1.68. The van der Waals surface area contributed by atoms with E-state index in [2.05, 4.69) is 23.3 Å². The lowest BCUT2D eigenvalue weighted by molar-refractivity contribution is 0.174. The second-order valence-corrected chi connectivity index (χ2v) is 3.48. The summed E-state index contributed by atoms with van der Waals surface area (Å²) >= 11 is 0. The molecule has 0 bridgehead atoms. The molecule has 0 atom stereocenters. The highest BCUT2D eigenvalue weighted by molar-refractivity contribution is 5.25. The maximum atomic E-state index is 10.5. The molecule has 0 fully saturated rings. The number of hydrogen-bond donors (Lipinski definition) is 0. The average Bonchev–Trinajstić information content (AvgIpc) is 2.69. The lowest BCUT2D eigenvalue weighted by Gasteiger charge is -2.03. The predicted octanol–water partition coefficient (Wildman–Crippen LogP) is 1.57. The van der Waals surface area contributed by atoms with Gasteiger partial charge in [0.25, 0.3) is 0 Å². The van der Waals surface area contributed by atoms with E-state index in [1.165, 1.54) is 11.1 Å². The summed E-state index contributed by atoms with van der Waals surface area (Å²) in [6, 6.07) is 8.10. The van der Waals surface area contributed by atoms with Gasteiger partial charge in [0.15, 0.2) is 0 Å². The maximum absolute atomic E-state index is 10.5. The molecule has 1 radical (unpaired) electrons. The van der Waals surface area contributed by atoms with Crippen molar-refractivity contribution in [3.63, 3.8) is 0 Å². The van der Waals surface area contributed by atoms with E-state index in [9.17, 15) is 5.11 Å². The third-order valence-electron chi connectivity index (χ3n) is 2.33. The molecule has 1 aromatic carbocycles. The Morgan fingerprint density at radius 3 is 2.80 bits per heavy atom. The van der Waals surface area contributed by atoms with Gasteiger partial charge >= 0.3 is 0 Å². The quantitative estimate of drug-likeness (QED) is 0.758. The highest BCUT2D eigenvalue weighted by Crippen LogP contribution is 2.08. The van der Waals surface area contributed by atoms with Crippen LogP contribution in [0.4, 0.5) is 0 Å². The fraction of sp³-hybridized carbons (Fsp3) is 0.273. The molecule has 4 heteroatoms. The zero-order valence-corrected chi connectivity index (χ0v) is 8.55. The fourth-order valence-corrected chi connectivity index (χ4v) is 1.44. The second-order valence-electron chi connectivity index (χ2n) is 3.48. The lowest BCUT2D eigenvalue weighted by atomic mass is 10.1. The normalized spacial score (nSPS) is 10.5. The fourth-order valence-electron chi connectivity index (χ4n) is 1.44. The van der Waals surface area contributed by atoms with Crippen molar-refractivity contribution in [1.29, 1.82) is 0 Å². The molecule has 0 saturated carbocycles. The molecule has 0 aliphatic rings. The molecule has 0 amide bonds. The minimum atomic E-state index is -0.312. The third kappa shape index (κ3) is 2.22. The van der Waals surface area contributed by atoms with Gasteiger partial charge in [0, 0.05) is 0 Å². The first kappa shape index (κ1) is 9.86. The molecule has 0 aliphatic heterocycles. The minimum Gasteiger partial charge on any atom is -0.248 e. The standard InChI is InChI=1S/C11H12N3O/c1-9-4-2-3-5-10(9)6-14-7-11(8-15)12-13-14/h2-5,7H,6,8H2,1H3. The Kier molecular flexibility index (Phi) is 2.78. The van der Waals surface area contributed by atoms with Crippen LogP contribution < -0.4 is 0 Å². The van der Waals surface area contributed by atoms with Gasteiger partial charge in [-0.05, 0) is 18.1 Å². The highest BCUT2D eigenvalue weighted by atomic mass is 16.3. The summed E-state index contributed by atoms with van der Waals surface area (Å²) < 4.78 is 1.69. The average molecular weight is 202 g/mol. The molecule has 0 spiro atoms. The minimum absolute atomic E-state index is 0.312. The summed E-state index contributed by atoms with van der Waals surface area (Å²) in [6.07, 6.45) is 1.69. The van der Waals surface area contributed by atoms with Gasteiger partial charge in [-0.25, -0.2) is 9.79 Å². The maximum Gasteiger partial charge on any atom is 0.128 e. The van der Waals surface area contributed by atoms with Gasteiger partial charge in [-0.2, -0.15) is 0 Å². The third-order valence-corrected chi connectivity index (χ3v) is 2.33. The number of hydrogen-bond acceptors (Lipinski definition) is 2. The largest absolute Gasteiger partial charge is 0.248 e. The van der Waals surface area contributed by atoms with E-state index in [0.717, 1.165) is 0 Å². The van der Waals surface area contributed by atoms with E-state index < -0.39 is 0 Å². The molecule has 4 nitrogen and oxygen atoms in total. The topological polar surface area (TPSA) is 50.6 Å². The van der Waals surface area contributed by atoms with Gasteiger partial charge in [-0.3, -0.25) is 0 Å². The Labute approximate surface area is 88.2 Å². The molecular formula is C11H12N3O. The first-order chi connectivity index (χ1) is 7.29. The summed E-state index contributed by atoms with van der Waals surface area (Å²) in [5.74, 6) is 0. The zero-order valence-electron chi connectivity index (χ0n) is 8.55. The SMILES string of the molecule is Cc1ccccc1Cn1cc(C[O])nn1. The van der Waals surface area contributed by atoms with Crippen molar-refractivity contribution < 1.29 is 5.11 Å². The van der Waals surface area contributed by atoms with Crippen LogP contribution in [-0.2, 0) is 18.3 Å². The smallest absolute Gasteiger partial charge is 0.128 e. The molecule has 77 valence electrons. The Balaban J connectivity index is 2.18. The molecule has 0 unspecified atom stereocenters. The molecule has 2 aromatic rings. The van der Waals surface area contributed by atoms with Crippen molar-refractivity contribution in [3.8, 4) is 0 Å². The van der Waals surface area contributed by atoms with Crippen LogP contribution in [0.3, 0.4) is 0 Å². The van der Waals surface area contributed by atoms with Gasteiger partial charge in [0.1, 0.15) is 12.3 Å². The van der Waals surface area contributed by atoms with Crippen molar-refractivity contribution in [2.45, 2.75) is 20.1 Å². The summed E-state index contributed by atoms with van der Waals surface area (Å²) in [5, 5.41) is 18.2. The van der Waals surface area contributed by atoms with E-state index in [1.807, 2.05) is 18.2 Å². The van der Waals surface area contributed by atoms with Crippen molar-refractivity contribution in [1.82, 2.24) is 15.0 Å². The van der Waals surface area contributed by atoms with Crippen LogP contribution in [0.15, 0.2) is 30.5 Å². The van der Waals surface area contributed by atoms with Crippen LogP contribution in [0.2, 0.25) is 0 Å². The summed E-state index contributed by atoms with van der Waals surface area (Å²) in [5.41, 5.74) is 2.90. The molecule has 2 rings (SSSR count). The Morgan fingerprint density at radius 2 is 2.13 bits per heavy atom. The first-order valence-corrected chi connectivity index (χ1v) is 4.81. The first-order valence-electron chi connectivity index (χ1n) is 4.81. The van der Waals surface area contributed by atoms with Crippen LogP contribution in [0.1, 0.15) is 16.8 Å². The number of aromatic nitrogens is 3. The summed E-state index contributed by atoms with van der Waals surface area (Å²) in [6.45, 7) is 2.41. The van der Waals surface area contributed by atoms with Crippen LogP contribution in [-0.4, -0.2) is 15.0 Å². The Bertz CT molecular complexity index is 451. The number of rotatable bonds is 3. The number of aryl methyl sites for hydroxylation is 1. The van der Waals surface area contributed by atoms with Crippen molar-refractivity contribution in [2.24, 2.45) is 0 Å². The molecule has 0 aliphatic carbocycles. The monoisotopic (exact) mass is 202 g/mol. The van der Waals surface area contributed by atoms with E-state index in [-0.39, 0.29) is 6.61 Å². The number of benzene rings is 1. The molecule has 0 N–H and O–H groups in total. The van der Waals surface area contributed by atoms with Crippen LogP contribution >= 0.6 is 0 Å². The van der Waals surface area contributed by atoms with E-state index in [0.29, 0.717) is 12.2 Å². The van der Waals surface area contributed by atoms with Crippen molar-refractivity contribution in [3.05, 3.63) is 47.3 Å². The highest BCUT2D eigenvalue weighted by Gasteiger charge is 2.02. The lowest BCUT2D eigenvalue weighted by Crippen LogP contribution is -2.01. The van der Waals surface area contributed by atoms with Crippen molar-refractivity contribution >= 4 is 0 Å². The van der Waals surface area contributed by atoms with Crippen LogP contribution in [0.25, 0.3) is 0 Å². The number of nitrogens with zero attached hydrogens (tertiary/aromatic N) is 3. The van der Waals surface area contributed by atoms with Crippen LogP contribution in [0.5, 0.6) is 0 Å². The summed E-state index contributed by atoms with van der Waals surface area (Å²) in [7, 11) is 0. The van der Waals surface area contributed by atoms with E-state index in [1.54, 1.807) is 10.9 Å². The molecule has 1 heterocycles.